The van der Waals surface area contributed by atoms with E-state index in [2.05, 4.69) is 5.32 Å². The molecule has 0 aliphatic carbocycles. The van der Waals surface area contributed by atoms with Crippen LogP contribution in [0.3, 0.4) is 0 Å². The molecule has 0 saturated carbocycles. The van der Waals surface area contributed by atoms with Crippen LogP contribution in [-0.4, -0.2) is 32.3 Å². The molecule has 4 nitrogen and oxygen atoms in total. The second-order valence-electron chi connectivity index (χ2n) is 6.69. The molecule has 1 fully saturated rings. The quantitative estimate of drug-likeness (QED) is 0.752. The molecule has 1 amide bonds. The Hall–Kier alpha value is -1.75. The summed E-state index contributed by atoms with van der Waals surface area (Å²) in [5.74, 6) is 0.182. The lowest BCUT2D eigenvalue weighted by Gasteiger charge is -2.24. The predicted octanol–water partition coefficient (Wildman–Crippen LogP) is 5.06. The Morgan fingerprint density at radius 2 is 1.89 bits per heavy atom. The molecule has 0 spiro atoms. The van der Waals surface area contributed by atoms with Crippen molar-refractivity contribution in [3.8, 4) is 5.75 Å². The van der Waals surface area contributed by atoms with Crippen LogP contribution in [-0.2, 0) is 4.74 Å². The van der Waals surface area contributed by atoms with E-state index < -0.39 is 0 Å². The van der Waals surface area contributed by atoms with Crippen LogP contribution in [0.2, 0.25) is 10.0 Å². The van der Waals surface area contributed by atoms with Crippen molar-refractivity contribution in [2.45, 2.75) is 31.7 Å². The van der Waals surface area contributed by atoms with E-state index in [9.17, 15) is 4.79 Å². The van der Waals surface area contributed by atoms with Crippen LogP contribution in [0.15, 0.2) is 36.4 Å². The molecule has 0 aromatic heterocycles. The van der Waals surface area contributed by atoms with Gasteiger partial charge in [-0.15, -0.1) is 0 Å². The summed E-state index contributed by atoms with van der Waals surface area (Å²) in [6, 6.07) is 11.4. The molecule has 2 aromatic rings. The standard InChI is InChI=1S/C21H23Cl2NO3/c1-13(16-5-3-4-6-18(16)22)14-11-17(20(26-2)19(23)12-14)21(25)24-15-7-9-27-10-8-15/h3-6,11-13,15H,7-10H2,1-2H3,(H,24,25). The van der Waals surface area contributed by atoms with Crippen LogP contribution in [0.5, 0.6) is 5.75 Å². The number of benzene rings is 2. The van der Waals surface area contributed by atoms with Crippen molar-refractivity contribution < 1.29 is 14.3 Å². The van der Waals surface area contributed by atoms with E-state index in [1.165, 1.54) is 7.11 Å². The number of amides is 1. The van der Waals surface area contributed by atoms with Gasteiger partial charge < -0.3 is 14.8 Å². The van der Waals surface area contributed by atoms with Gasteiger partial charge in [-0.2, -0.15) is 0 Å². The third-order valence-electron chi connectivity index (χ3n) is 4.94. The number of carbonyl (C=O) groups is 1. The molecular weight excluding hydrogens is 385 g/mol. The summed E-state index contributed by atoms with van der Waals surface area (Å²) in [5.41, 5.74) is 2.33. The molecule has 3 rings (SSSR count). The van der Waals surface area contributed by atoms with Crippen molar-refractivity contribution in [1.29, 1.82) is 0 Å². The number of carbonyl (C=O) groups excluding carboxylic acids is 1. The zero-order chi connectivity index (χ0) is 19.4. The van der Waals surface area contributed by atoms with E-state index in [-0.39, 0.29) is 17.9 Å². The Bertz CT molecular complexity index is 819. The second kappa shape index (κ2) is 8.96. The van der Waals surface area contributed by atoms with Crippen molar-refractivity contribution in [3.63, 3.8) is 0 Å². The minimum atomic E-state index is -0.186. The van der Waals surface area contributed by atoms with Gasteiger partial charge in [0.25, 0.3) is 5.91 Å². The third-order valence-corrected chi connectivity index (χ3v) is 5.57. The molecule has 0 bridgehead atoms. The topological polar surface area (TPSA) is 47.6 Å². The van der Waals surface area contributed by atoms with Gasteiger partial charge in [-0.25, -0.2) is 0 Å². The summed E-state index contributed by atoms with van der Waals surface area (Å²) in [4.78, 5) is 12.9. The van der Waals surface area contributed by atoms with E-state index >= 15 is 0 Å². The molecule has 2 aromatic carbocycles. The van der Waals surface area contributed by atoms with Crippen LogP contribution >= 0.6 is 23.2 Å². The summed E-state index contributed by atoms with van der Waals surface area (Å²) in [5, 5.41) is 4.16. The van der Waals surface area contributed by atoms with Crippen molar-refractivity contribution in [3.05, 3.63) is 63.1 Å². The average Bonchev–Trinajstić information content (AvgIpc) is 2.68. The molecule has 27 heavy (non-hydrogen) atoms. The first-order chi connectivity index (χ1) is 13.0. The Kier molecular flexibility index (Phi) is 6.64. The minimum Gasteiger partial charge on any atom is -0.494 e. The van der Waals surface area contributed by atoms with E-state index in [0.717, 1.165) is 24.0 Å². The number of methoxy groups -OCH3 is 1. The highest BCUT2D eigenvalue weighted by Gasteiger charge is 2.23. The van der Waals surface area contributed by atoms with Crippen molar-refractivity contribution in [2.24, 2.45) is 0 Å². The van der Waals surface area contributed by atoms with Crippen LogP contribution in [0, 0.1) is 0 Å². The monoisotopic (exact) mass is 407 g/mol. The van der Waals surface area contributed by atoms with Gasteiger partial charge in [0, 0.05) is 30.2 Å². The van der Waals surface area contributed by atoms with Gasteiger partial charge in [0.05, 0.1) is 17.7 Å². The lowest BCUT2D eigenvalue weighted by Crippen LogP contribution is -2.39. The minimum absolute atomic E-state index is 0.0169. The smallest absolute Gasteiger partial charge is 0.255 e. The molecule has 1 aliphatic heterocycles. The predicted molar refractivity (Wildman–Crippen MR) is 108 cm³/mol. The highest BCUT2D eigenvalue weighted by molar-refractivity contribution is 6.33. The maximum atomic E-state index is 12.9. The van der Waals surface area contributed by atoms with Crippen molar-refractivity contribution in [2.75, 3.05) is 20.3 Å². The van der Waals surface area contributed by atoms with E-state index in [0.29, 0.717) is 34.6 Å². The maximum Gasteiger partial charge on any atom is 0.255 e. The Morgan fingerprint density at radius 3 is 2.56 bits per heavy atom. The molecule has 6 heteroatoms. The summed E-state index contributed by atoms with van der Waals surface area (Å²) < 4.78 is 10.8. The molecule has 1 saturated heterocycles. The highest BCUT2D eigenvalue weighted by Crippen LogP contribution is 2.36. The summed E-state index contributed by atoms with van der Waals surface area (Å²) in [6.45, 7) is 3.36. The van der Waals surface area contributed by atoms with Crippen LogP contribution in [0.1, 0.15) is 47.2 Å². The lowest BCUT2D eigenvalue weighted by atomic mass is 9.91. The largest absolute Gasteiger partial charge is 0.494 e. The highest BCUT2D eigenvalue weighted by atomic mass is 35.5. The van der Waals surface area contributed by atoms with Gasteiger partial charge >= 0.3 is 0 Å². The van der Waals surface area contributed by atoms with Crippen molar-refractivity contribution >= 4 is 29.1 Å². The Morgan fingerprint density at radius 1 is 1.19 bits per heavy atom. The van der Waals surface area contributed by atoms with Crippen LogP contribution in [0.25, 0.3) is 0 Å². The van der Waals surface area contributed by atoms with Gasteiger partial charge in [0.15, 0.2) is 0 Å². The number of hydrogen-bond acceptors (Lipinski definition) is 3. The van der Waals surface area contributed by atoms with Gasteiger partial charge in [-0.1, -0.05) is 48.3 Å². The molecule has 0 radical (unpaired) electrons. The lowest BCUT2D eigenvalue weighted by molar-refractivity contribution is 0.0695. The fourth-order valence-corrected chi connectivity index (χ4v) is 3.96. The summed E-state index contributed by atoms with van der Waals surface area (Å²) in [6.07, 6.45) is 1.61. The normalized spacial score (nSPS) is 16.0. The van der Waals surface area contributed by atoms with Gasteiger partial charge in [0.2, 0.25) is 0 Å². The first kappa shape index (κ1) is 20.0. The SMILES string of the molecule is COc1c(Cl)cc(C(C)c2ccccc2Cl)cc1C(=O)NC1CCOCC1. The fourth-order valence-electron chi connectivity index (χ4n) is 3.35. The molecular formula is C21H23Cl2NO3. The molecule has 144 valence electrons. The van der Waals surface area contributed by atoms with Gasteiger partial charge in [0.1, 0.15) is 5.75 Å². The number of halogens is 2. The van der Waals surface area contributed by atoms with E-state index in [1.807, 2.05) is 43.3 Å². The van der Waals surface area contributed by atoms with Gasteiger partial charge in [-0.05, 0) is 42.2 Å². The number of hydrogen-bond donors (Lipinski definition) is 1. The van der Waals surface area contributed by atoms with Crippen molar-refractivity contribution in [1.82, 2.24) is 5.32 Å². The number of nitrogens with one attached hydrogen (secondary N) is 1. The first-order valence-electron chi connectivity index (χ1n) is 9.01. The average molecular weight is 408 g/mol. The van der Waals surface area contributed by atoms with Crippen LogP contribution < -0.4 is 10.1 Å². The van der Waals surface area contributed by atoms with Crippen LogP contribution in [0.4, 0.5) is 0 Å². The molecule has 1 heterocycles. The van der Waals surface area contributed by atoms with E-state index in [4.69, 9.17) is 32.7 Å². The molecule has 1 atom stereocenters. The Labute approximate surface area is 169 Å². The fraction of sp³-hybridized carbons (Fsp3) is 0.381. The summed E-state index contributed by atoms with van der Waals surface area (Å²) >= 11 is 12.8. The molecule has 1 N–H and O–H groups in total. The van der Waals surface area contributed by atoms with Gasteiger partial charge in [-0.3, -0.25) is 4.79 Å². The molecule has 1 unspecified atom stereocenters. The second-order valence-corrected chi connectivity index (χ2v) is 7.50. The van der Waals surface area contributed by atoms with E-state index in [1.54, 1.807) is 0 Å². The number of ether oxygens (including phenoxy) is 2. The zero-order valence-corrected chi connectivity index (χ0v) is 16.9. The first-order valence-corrected chi connectivity index (χ1v) is 9.77. The zero-order valence-electron chi connectivity index (χ0n) is 15.4. The number of rotatable bonds is 5. The maximum absolute atomic E-state index is 12.9. The molecule has 1 aliphatic rings. The Balaban J connectivity index is 1.93. The third kappa shape index (κ3) is 4.57. The summed E-state index contributed by atoms with van der Waals surface area (Å²) in [7, 11) is 1.52.